The Kier molecular flexibility index (Phi) is 6.31. The number of carbonyl (C=O) groups is 1. The highest BCUT2D eigenvalue weighted by Gasteiger charge is 2.24. The van der Waals surface area contributed by atoms with E-state index in [0.29, 0.717) is 17.3 Å². The van der Waals surface area contributed by atoms with Crippen molar-refractivity contribution in [3.05, 3.63) is 64.2 Å². The lowest BCUT2D eigenvalue weighted by atomic mass is 10.1. The molecule has 0 atom stereocenters. The Morgan fingerprint density at radius 2 is 1.69 bits per heavy atom. The zero-order chi connectivity index (χ0) is 19.5. The molecule has 1 amide bonds. The molecule has 0 aliphatic carbocycles. The smallest absolute Gasteiger partial charge is 0.243 e. The van der Waals surface area contributed by atoms with Crippen molar-refractivity contribution in [1.82, 2.24) is 4.90 Å². The van der Waals surface area contributed by atoms with Crippen molar-refractivity contribution in [3.8, 4) is 0 Å². The molecule has 0 saturated heterocycles. The van der Waals surface area contributed by atoms with E-state index >= 15 is 0 Å². The van der Waals surface area contributed by atoms with Gasteiger partial charge in [0.2, 0.25) is 15.9 Å². The number of sulfonamides is 1. The molecule has 0 aliphatic rings. The van der Waals surface area contributed by atoms with Crippen LogP contribution >= 0.6 is 11.6 Å². The van der Waals surface area contributed by atoms with Crippen LogP contribution in [0.15, 0.2) is 42.5 Å². The van der Waals surface area contributed by atoms with Gasteiger partial charge in [0.1, 0.15) is 6.54 Å². The van der Waals surface area contributed by atoms with Crippen LogP contribution in [0.2, 0.25) is 5.02 Å². The van der Waals surface area contributed by atoms with E-state index < -0.39 is 10.0 Å². The number of carbonyl (C=O) groups excluding carboxylic acids is 1. The Hall–Kier alpha value is -2.05. The van der Waals surface area contributed by atoms with E-state index in [0.717, 1.165) is 27.3 Å². The van der Waals surface area contributed by atoms with Gasteiger partial charge in [0.05, 0.1) is 11.9 Å². The van der Waals surface area contributed by atoms with E-state index in [4.69, 9.17) is 11.6 Å². The zero-order valence-electron chi connectivity index (χ0n) is 15.4. The first-order valence-corrected chi connectivity index (χ1v) is 10.3. The largest absolute Gasteiger partial charge is 0.340 e. The maximum atomic E-state index is 12.6. The second-order valence-corrected chi connectivity index (χ2v) is 8.71. The normalized spacial score (nSPS) is 11.3. The van der Waals surface area contributed by atoms with Crippen LogP contribution in [0, 0.1) is 13.8 Å². The van der Waals surface area contributed by atoms with Gasteiger partial charge >= 0.3 is 0 Å². The molecule has 0 aromatic heterocycles. The highest BCUT2D eigenvalue weighted by atomic mass is 35.5. The molecule has 0 fully saturated rings. The molecule has 26 heavy (non-hydrogen) atoms. The molecule has 140 valence electrons. The van der Waals surface area contributed by atoms with Crippen LogP contribution < -0.4 is 4.31 Å². The van der Waals surface area contributed by atoms with Gasteiger partial charge in [-0.05, 0) is 48.7 Å². The van der Waals surface area contributed by atoms with Crippen molar-refractivity contribution in [2.45, 2.75) is 20.4 Å². The van der Waals surface area contributed by atoms with E-state index in [-0.39, 0.29) is 12.5 Å². The summed E-state index contributed by atoms with van der Waals surface area (Å²) in [5, 5.41) is 0.626. The van der Waals surface area contributed by atoms with Crippen LogP contribution in [0.25, 0.3) is 0 Å². The molecule has 0 bridgehead atoms. The van der Waals surface area contributed by atoms with Gasteiger partial charge in [-0.3, -0.25) is 9.10 Å². The fourth-order valence-electron chi connectivity index (χ4n) is 2.58. The molecule has 7 heteroatoms. The quantitative estimate of drug-likeness (QED) is 0.754. The van der Waals surface area contributed by atoms with E-state index in [2.05, 4.69) is 0 Å². The number of hydrogen-bond acceptors (Lipinski definition) is 3. The van der Waals surface area contributed by atoms with Crippen LogP contribution in [0.1, 0.15) is 16.7 Å². The highest BCUT2D eigenvalue weighted by Crippen LogP contribution is 2.25. The lowest BCUT2D eigenvalue weighted by Gasteiger charge is -2.27. The second kappa shape index (κ2) is 8.10. The minimum atomic E-state index is -3.60. The van der Waals surface area contributed by atoms with Gasteiger partial charge < -0.3 is 4.90 Å². The van der Waals surface area contributed by atoms with Gasteiger partial charge in [0.15, 0.2) is 0 Å². The van der Waals surface area contributed by atoms with Crippen molar-refractivity contribution < 1.29 is 13.2 Å². The van der Waals surface area contributed by atoms with E-state index in [1.165, 1.54) is 4.90 Å². The van der Waals surface area contributed by atoms with Crippen molar-refractivity contribution in [2.75, 3.05) is 24.2 Å². The van der Waals surface area contributed by atoms with E-state index in [1.54, 1.807) is 31.3 Å². The topological polar surface area (TPSA) is 57.7 Å². The van der Waals surface area contributed by atoms with Crippen molar-refractivity contribution in [1.29, 1.82) is 0 Å². The van der Waals surface area contributed by atoms with Gasteiger partial charge in [-0.1, -0.05) is 35.9 Å². The fourth-order valence-corrected chi connectivity index (χ4v) is 3.61. The maximum absolute atomic E-state index is 12.6. The summed E-state index contributed by atoms with van der Waals surface area (Å²) in [7, 11) is -1.94. The number of likely N-dealkylation sites (N-methyl/N-ethyl adjacent to an activating group) is 1. The molecule has 0 heterocycles. The third-order valence-corrected chi connectivity index (χ3v) is 5.66. The molecule has 0 spiro atoms. The summed E-state index contributed by atoms with van der Waals surface area (Å²) < 4.78 is 25.7. The molecule has 0 unspecified atom stereocenters. The third-order valence-electron chi connectivity index (χ3n) is 4.28. The first-order chi connectivity index (χ1) is 12.1. The number of aryl methyl sites for hydroxylation is 1. The van der Waals surface area contributed by atoms with Crippen molar-refractivity contribution >= 4 is 33.2 Å². The number of halogens is 1. The predicted octanol–water partition coefficient (Wildman–Crippen LogP) is 3.38. The number of benzene rings is 2. The van der Waals surface area contributed by atoms with Crippen molar-refractivity contribution in [2.24, 2.45) is 0 Å². The number of nitrogens with zero attached hydrogens (tertiary/aromatic N) is 2. The van der Waals surface area contributed by atoms with Gasteiger partial charge in [-0.25, -0.2) is 8.42 Å². The van der Waals surface area contributed by atoms with Crippen LogP contribution in [-0.4, -0.2) is 39.1 Å². The fraction of sp³-hybridized carbons (Fsp3) is 0.316. The van der Waals surface area contributed by atoms with Gasteiger partial charge in [0, 0.05) is 18.6 Å². The third kappa shape index (κ3) is 4.99. The Labute approximate surface area is 160 Å². The standard InChI is InChI=1S/C19H23ClN2O3S/c1-14-6-5-7-18(15(14)2)22(26(4,24)25)13-19(23)21(3)12-16-8-10-17(20)11-9-16/h5-11H,12-13H2,1-4H3. The highest BCUT2D eigenvalue weighted by molar-refractivity contribution is 7.92. The average Bonchev–Trinajstić information content (AvgIpc) is 2.56. The average molecular weight is 395 g/mol. The summed E-state index contributed by atoms with van der Waals surface area (Å²) in [6, 6.07) is 12.6. The molecule has 5 nitrogen and oxygen atoms in total. The van der Waals surface area contributed by atoms with Gasteiger partial charge in [0.25, 0.3) is 0 Å². The number of anilines is 1. The Bertz CT molecular complexity index is 896. The lowest BCUT2D eigenvalue weighted by molar-refractivity contribution is -0.128. The number of amides is 1. The van der Waals surface area contributed by atoms with Gasteiger partial charge in [-0.2, -0.15) is 0 Å². The van der Waals surface area contributed by atoms with Gasteiger partial charge in [-0.15, -0.1) is 0 Å². The number of rotatable bonds is 6. The molecule has 0 saturated carbocycles. The molecular formula is C19H23ClN2O3S. The summed E-state index contributed by atoms with van der Waals surface area (Å²) in [5.74, 6) is -0.286. The summed E-state index contributed by atoms with van der Waals surface area (Å²) in [4.78, 5) is 14.1. The van der Waals surface area contributed by atoms with Crippen LogP contribution in [0.5, 0.6) is 0 Å². The summed E-state index contributed by atoms with van der Waals surface area (Å²) in [6.45, 7) is 3.89. The molecule has 0 radical (unpaired) electrons. The minimum Gasteiger partial charge on any atom is -0.340 e. The first-order valence-electron chi connectivity index (χ1n) is 8.12. The Balaban J connectivity index is 2.21. The maximum Gasteiger partial charge on any atom is 0.243 e. The monoisotopic (exact) mass is 394 g/mol. The Morgan fingerprint density at radius 3 is 2.27 bits per heavy atom. The summed E-state index contributed by atoms with van der Waals surface area (Å²) in [5.41, 5.74) is 3.26. The van der Waals surface area contributed by atoms with Crippen LogP contribution in [0.4, 0.5) is 5.69 Å². The predicted molar refractivity (Wildman–Crippen MR) is 106 cm³/mol. The molecule has 0 aliphatic heterocycles. The van der Waals surface area contributed by atoms with E-state index in [1.807, 2.05) is 32.0 Å². The number of hydrogen-bond donors (Lipinski definition) is 0. The minimum absolute atomic E-state index is 0.243. The first kappa shape index (κ1) is 20.3. The zero-order valence-corrected chi connectivity index (χ0v) is 16.9. The summed E-state index contributed by atoms with van der Waals surface area (Å²) >= 11 is 5.87. The molecule has 2 aromatic rings. The molecular weight excluding hydrogens is 372 g/mol. The second-order valence-electron chi connectivity index (χ2n) is 6.36. The van der Waals surface area contributed by atoms with Crippen molar-refractivity contribution in [3.63, 3.8) is 0 Å². The van der Waals surface area contributed by atoms with E-state index in [9.17, 15) is 13.2 Å². The lowest BCUT2D eigenvalue weighted by Crippen LogP contribution is -2.41. The SMILES string of the molecule is Cc1cccc(N(CC(=O)N(C)Cc2ccc(Cl)cc2)S(C)(=O)=O)c1C. The molecule has 2 rings (SSSR count). The molecule has 0 N–H and O–H groups in total. The van der Waals surface area contributed by atoms with Crippen LogP contribution in [-0.2, 0) is 21.4 Å². The van der Waals surface area contributed by atoms with Crippen LogP contribution in [0.3, 0.4) is 0 Å². The Morgan fingerprint density at radius 1 is 1.08 bits per heavy atom. The summed E-state index contributed by atoms with van der Waals surface area (Å²) in [6.07, 6.45) is 1.11. The molecule has 2 aromatic carbocycles.